The molecule has 190 valence electrons. The average molecular weight is 497 g/mol. The number of nitrogens with two attached hydrogens (primary N) is 1. The van der Waals surface area contributed by atoms with Gasteiger partial charge in [-0.25, -0.2) is 8.78 Å². The van der Waals surface area contributed by atoms with Gasteiger partial charge in [0.25, 0.3) is 0 Å². The zero-order valence-corrected chi connectivity index (χ0v) is 20.1. The fraction of sp³-hybridized carbons (Fsp3) is 0.321. The molecule has 8 heteroatoms. The van der Waals surface area contributed by atoms with Crippen LogP contribution >= 0.6 is 0 Å². The van der Waals surface area contributed by atoms with Crippen LogP contribution in [0.2, 0.25) is 0 Å². The highest BCUT2D eigenvalue weighted by molar-refractivity contribution is 5.72. The SMILES string of the molecule is CC(N)c1cccc(-c2cc(COc3ccccc3CC(=O)O)c(F)c(NCC3CCCO3)c2)c1F. The first-order valence-corrected chi connectivity index (χ1v) is 12.0. The lowest BCUT2D eigenvalue weighted by molar-refractivity contribution is -0.136. The topological polar surface area (TPSA) is 93.8 Å². The Kier molecular flexibility index (Phi) is 8.18. The van der Waals surface area contributed by atoms with Crippen LogP contribution in [0.5, 0.6) is 5.75 Å². The van der Waals surface area contributed by atoms with Crippen molar-refractivity contribution in [2.24, 2.45) is 5.73 Å². The maximum atomic E-state index is 15.6. The van der Waals surface area contributed by atoms with E-state index in [0.29, 0.717) is 41.2 Å². The van der Waals surface area contributed by atoms with Crippen LogP contribution in [0.15, 0.2) is 54.6 Å². The van der Waals surface area contributed by atoms with Crippen molar-refractivity contribution in [3.8, 4) is 16.9 Å². The first-order valence-electron chi connectivity index (χ1n) is 12.0. The molecule has 1 saturated heterocycles. The Morgan fingerprint density at radius 3 is 2.69 bits per heavy atom. The van der Waals surface area contributed by atoms with Crippen LogP contribution in [0.4, 0.5) is 14.5 Å². The lowest BCUT2D eigenvalue weighted by atomic mass is 9.97. The summed E-state index contributed by atoms with van der Waals surface area (Å²) in [5, 5.41) is 12.3. The van der Waals surface area contributed by atoms with E-state index in [1.54, 1.807) is 61.5 Å². The standard InChI is InChI=1S/C28H30F2N2O4/c1-17(31)22-8-4-9-23(28(22)30)19-12-20(16-36-25-10-3-2-6-18(25)14-26(33)34)27(29)24(13-19)32-15-21-7-5-11-35-21/h2-4,6,8-10,12-13,17,21,32H,5,7,11,14-16,31H2,1H3,(H,33,34). The van der Waals surface area contributed by atoms with E-state index >= 15 is 8.78 Å². The number of carboxylic acids is 1. The summed E-state index contributed by atoms with van der Waals surface area (Å²) in [4.78, 5) is 11.2. The maximum absolute atomic E-state index is 15.6. The van der Waals surface area contributed by atoms with Crippen LogP contribution in [0, 0.1) is 11.6 Å². The second kappa shape index (κ2) is 11.5. The minimum Gasteiger partial charge on any atom is -0.488 e. The molecule has 1 aliphatic heterocycles. The van der Waals surface area contributed by atoms with Gasteiger partial charge in [-0.1, -0.05) is 36.4 Å². The van der Waals surface area contributed by atoms with Crippen molar-refractivity contribution in [2.75, 3.05) is 18.5 Å². The molecule has 4 rings (SSSR count). The Balaban J connectivity index is 1.68. The highest BCUT2D eigenvalue weighted by Gasteiger charge is 2.20. The number of benzene rings is 3. The normalized spacial score (nSPS) is 16.1. The van der Waals surface area contributed by atoms with Gasteiger partial charge in [0, 0.05) is 41.4 Å². The van der Waals surface area contributed by atoms with Gasteiger partial charge in [-0.3, -0.25) is 4.79 Å². The van der Waals surface area contributed by atoms with Crippen LogP contribution < -0.4 is 15.8 Å². The minimum atomic E-state index is -0.996. The molecule has 0 saturated carbocycles. The first-order chi connectivity index (χ1) is 17.3. The van der Waals surface area contributed by atoms with Crippen molar-refractivity contribution in [3.05, 3.63) is 82.9 Å². The summed E-state index contributed by atoms with van der Waals surface area (Å²) in [5.74, 6) is -1.62. The quantitative estimate of drug-likeness (QED) is 0.346. The Labute approximate surface area is 209 Å². The number of hydrogen-bond acceptors (Lipinski definition) is 5. The number of anilines is 1. The number of nitrogens with one attached hydrogen (secondary N) is 1. The lowest BCUT2D eigenvalue weighted by Crippen LogP contribution is -2.19. The van der Waals surface area contributed by atoms with E-state index in [1.807, 2.05) is 0 Å². The molecule has 0 aliphatic carbocycles. The van der Waals surface area contributed by atoms with Gasteiger partial charge in [-0.15, -0.1) is 0 Å². The van der Waals surface area contributed by atoms with Crippen LogP contribution in [0.3, 0.4) is 0 Å². The third-order valence-corrected chi connectivity index (χ3v) is 6.22. The molecule has 1 heterocycles. The third kappa shape index (κ3) is 6.01. The summed E-state index contributed by atoms with van der Waals surface area (Å²) in [5.41, 5.74) is 7.98. The van der Waals surface area contributed by atoms with Crippen molar-refractivity contribution in [2.45, 2.75) is 44.9 Å². The van der Waals surface area contributed by atoms with Gasteiger partial charge in [0.05, 0.1) is 18.2 Å². The van der Waals surface area contributed by atoms with E-state index in [4.69, 9.17) is 15.2 Å². The summed E-state index contributed by atoms with van der Waals surface area (Å²) in [6.45, 7) is 2.64. The van der Waals surface area contributed by atoms with E-state index in [0.717, 1.165) is 12.8 Å². The fourth-order valence-electron chi connectivity index (χ4n) is 4.34. The summed E-state index contributed by atoms with van der Waals surface area (Å²) in [6, 6.07) is 14.3. The van der Waals surface area contributed by atoms with Gasteiger partial charge in [0.2, 0.25) is 0 Å². The van der Waals surface area contributed by atoms with Crippen molar-refractivity contribution in [3.63, 3.8) is 0 Å². The molecular formula is C28H30F2N2O4. The number of ether oxygens (including phenoxy) is 2. The Morgan fingerprint density at radius 2 is 1.97 bits per heavy atom. The van der Waals surface area contributed by atoms with Crippen molar-refractivity contribution < 1.29 is 28.2 Å². The largest absolute Gasteiger partial charge is 0.488 e. The predicted octanol–water partition coefficient (Wildman–Crippen LogP) is 5.45. The van der Waals surface area contributed by atoms with E-state index < -0.39 is 23.6 Å². The number of para-hydroxylation sites is 1. The van der Waals surface area contributed by atoms with Gasteiger partial charge in [0.1, 0.15) is 18.2 Å². The molecule has 0 amide bonds. The minimum absolute atomic E-state index is 0.0196. The number of carboxylic acid groups (broad SMARTS) is 1. The summed E-state index contributed by atoms with van der Waals surface area (Å²) >= 11 is 0. The molecule has 3 aromatic carbocycles. The molecule has 0 spiro atoms. The van der Waals surface area contributed by atoms with Gasteiger partial charge in [0.15, 0.2) is 5.82 Å². The number of rotatable bonds is 10. The second-order valence-electron chi connectivity index (χ2n) is 8.98. The van der Waals surface area contributed by atoms with Gasteiger partial charge in [-0.05, 0) is 43.5 Å². The molecule has 3 aromatic rings. The molecular weight excluding hydrogens is 466 g/mol. The zero-order valence-electron chi connectivity index (χ0n) is 20.1. The highest BCUT2D eigenvalue weighted by Crippen LogP contribution is 2.33. The molecule has 2 unspecified atom stereocenters. The van der Waals surface area contributed by atoms with Crippen LogP contribution in [-0.4, -0.2) is 30.3 Å². The summed E-state index contributed by atoms with van der Waals surface area (Å²) < 4.78 is 42.4. The molecule has 2 atom stereocenters. The number of halogens is 2. The summed E-state index contributed by atoms with van der Waals surface area (Å²) in [7, 11) is 0. The smallest absolute Gasteiger partial charge is 0.307 e. The lowest BCUT2D eigenvalue weighted by Gasteiger charge is -2.18. The van der Waals surface area contributed by atoms with Crippen LogP contribution in [0.1, 0.15) is 42.5 Å². The zero-order chi connectivity index (χ0) is 25.7. The average Bonchev–Trinajstić information content (AvgIpc) is 3.37. The van der Waals surface area contributed by atoms with Gasteiger partial charge < -0.3 is 25.6 Å². The Morgan fingerprint density at radius 1 is 1.17 bits per heavy atom. The molecule has 0 radical (unpaired) electrons. The second-order valence-corrected chi connectivity index (χ2v) is 8.98. The predicted molar refractivity (Wildman–Crippen MR) is 134 cm³/mol. The van der Waals surface area contributed by atoms with Crippen LogP contribution in [-0.2, 0) is 22.6 Å². The van der Waals surface area contributed by atoms with Crippen molar-refractivity contribution in [1.82, 2.24) is 0 Å². The third-order valence-electron chi connectivity index (χ3n) is 6.22. The van der Waals surface area contributed by atoms with Gasteiger partial charge >= 0.3 is 5.97 Å². The summed E-state index contributed by atoms with van der Waals surface area (Å²) in [6.07, 6.45) is 1.60. The molecule has 6 nitrogen and oxygen atoms in total. The van der Waals surface area contributed by atoms with E-state index in [-0.39, 0.29) is 30.4 Å². The van der Waals surface area contributed by atoms with Crippen molar-refractivity contribution in [1.29, 1.82) is 0 Å². The fourth-order valence-corrected chi connectivity index (χ4v) is 4.34. The molecule has 0 aromatic heterocycles. The first kappa shape index (κ1) is 25.6. The van der Waals surface area contributed by atoms with Crippen molar-refractivity contribution >= 4 is 11.7 Å². The monoisotopic (exact) mass is 496 g/mol. The molecule has 36 heavy (non-hydrogen) atoms. The number of hydrogen-bond donors (Lipinski definition) is 3. The van der Waals surface area contributed by atoms with E-state index in [9.17, 15) is 9.90 Å². The molecule has 1 aliphatic rings. The molecule has 0 bridgehead atoms. The maximum Gasteiger partial charge on any atom is 0.307 e. The van der Waals surface area contributed by atoms with Gasteiger partial charge in [-0.2, -0.15) is 0 Å². The number of carbonyl (C=O) groups is 1. The number of aliphatic carboxylic acids is 1. The van der Waals surface area contributed by atoms with E-state index in [1.165, 1.54) is 0 Å². The van der Waals surface area contributed by atoms with E-state index in [2.05, 4.69) is 5.32 Å². The van der Waals surface area contributed by atoms with Crippen LogP contribution in [0.25, 0.3) is 11.1 Å². The Bertz CT molecular complexity index is 1230. The Hall–Kier alpha value is -3.49. The molecule has 1 fully saturated rings. The molecule has 4 N–H and O–H groups in total. The highest BCUT2D eigenvalue weighted by atomic mass is 19.1.